The zero-order valence-electron chi connectivity index (χ0n) is 12.3. The van der Waals surface area contributed by atoms with Gasteiger partial charge in [0.15, 0.2) is 0 Å². The number of benzene rings is 1. The first-order valence-electron chi connectivity index (χ1n) is 7.58. The number of rotatable bonds is 6. The number of nitrogens with zero attached hydrogens (tertiary/aromatic N) is 1. The Morgan fingerprint density at radius 2 is 2.05 bits per heavy atom. The Kier molecular flexibility index (Phi) is 3.88. The summed E-state index contributed by atoms with van der Waals surface area (Å²) in [4.78, 5) is 4.71. The predicted molar refractivity (Wildman–Crippen MR) is 84.9 cm³/mol. The van der Waals surface area contributed by atoms with E-state index in [1.807, 2.05) is 0 Å². The van der Waals surface area contributed by atoms with E-state index in [1.54, 1.807) is 0 Å². The van der Waals surface area contributed by atoms with E-state index in [2.05, 4.69) is 54.8 Å². The summed E-state index contributed by atoms with van der Waals surface area (Å²) in [6.07, 6.45) is 2.64. The van der Waals surface area contributed by atoms with E-state index in [0.29, 0.717) is 5.92 Å². The van der Waals surface area contributed by atoms with Crippen LogP contribution in [0.3, 0.4) is 0 Å². The van der Waals surface area contributed by atoms with E-state index in [0.717, 1.165) is 30.5 Å². The summed E-state index contributed by atoms with van der Waals surface area (Å²) in [6.45, 7) is 6.32. The molecule has 3 rings (SSSR count). The molecule has 1 saturated carbocycles. The van der Waals surface area contributed by atoms with Gasteiger partial charge in [0.25, 0.3) is 0 Å². The highest BCUT2D eigenvalue weighted by Gasteiger charge is 2.20. The van der Waals surface area contributed by atoms with Crippen LogP contribution in [0.15, 0.2) is 30.3 Å². The van der Waals surface area contributed by atoms with Gasteiger partial charge in [-0.05, 0) is 36.5 Å². The second-order valence-electron chi connectivity index (χ2n) is 6.11. The lowest BCUT2D eigenvalue weighted by atomic mass is 10.1. The minimum Gasteiger partial charge on any atom is -0.370 e. The van der Waals surface area contributed by atoms with Gasteiger partial charge in [0, 0.05) is 24.5 Å². The second-order valence-corrected chi connectivity index (χ2v) is 6.11. The van der Waals surface area contributed by atoms with E-state index in [9.17, 15) is 0 Å². The fourth-order valence-corrected chi connectivity index (χ4v) is 2.33. The van der Waals surface area contributed by atoms with Crippen LogP contribution in [-0.4, -0.2) is 17.6 Å². The monoisotopic (exact) mass is 269 g/mol. The number of hydrogen-bond donors (Lipinski definition) is 2. The molecule has 20 heavy (non-hydrogen) atoms. The fourth-order valence-electron chi connectivity index (χ4n) is 2.33. The molecule has 0 bridgehead atoms. The van der Waals surface area contributed by atoms with Crippen molar-refractivity contribution < 1.29 is 0 Å². The maximum atomic E-state index is 4.71. The molecule has 2 aromatic rings. The molecular formula is C17H23N3. The number of anilines is 1. The molecule has 1 heterocycles. The minimum atomic E-state index is 0.622. The van der Waals surface area contributed by atoms with Crippen LogP contribution < -0.4 is 10.6 Å². The molecule has 0 aliphatic heterocycles. The third-order valence-corrected chi connectivity index (χ3v) is 3.65. The Balaban J connectivity index is 1.87. The quantitative estimate of drug-likeness (QED) is 0.842. The largest absolute Gasteiger partial charge is 0.370 e. The van der Waals surface area contributed by atoms with E-state index in [-0.39, 0.29) is 0 Å². The summed E-state index contributed by atoms with van der Waals surface area (Å²) in [7, 11) is 0. The van der Waals surface area contributed by atoms with Crippen molar-refractivity contribution in [3.8, 4) is 0 Å². The summed E-state index contributed by atoms with van der Waals surface area (Å²) in [6, 6.07) is 11.3. The Bertz CT molecular complexity index is 588. The van der Waals surface area contributed by atoms with Gasteiger partial charge in [-0.25, -0.2) is 4.98 Å². The highest BCUT2D eigenvalue weighted by atomic mass is 15.0. The Morgan fingerprint density at radius 3 is 2.80 bits per heavy atom. The topological polar surface area (TPSA) is 37.0 Å². The van der Waals surface area contributed by atoms with Gasteiger partial charge in [-0.3, -0.25) is 0 Å². The van der Waals surface area contributed by atoms with E-state index in [1.165, 1.54) is 23.8 Å². The Hall–Kier alpha value is -1.61. The van der Waals surface area contributed by atoms with Crippen LogP contribution in [0.4, 0.5) is 5.82 Å². The molecule has 106 valence electrons. The lowest BCUT2D eigenvalue weighted by molar-refractivity contribution is 0.684. The van der Waals surface area contributed by atoms with Crippen molar-refractivity contribution >= 4 is 16.7 Å². The zero-order chi connectivity index (χ0) is 13.9. The smallest absolute Gasteiger partial charge is 0.126 e. The van der Waals surface area contributed by atoms with E-state index >= 15 is 0 Å². The first-order chi connectivity index (χ1) is 9.72. The molecule has 1 aliphatic rings. The van der Waals surface area contributed by atoms with Crippen molar-refractivity contribution in [2.75, 3.05) is 11.9 Å². The van der Waals surface area contributed by atoms with Crippen molar-refractivity contribution in [2.45, 2.75) is 39.3 Å². The molecule has 0 unspecified atom stereocenters. The molecule has 0 spiro atoms. The standard InChI is InChI=1S/C17H23N3/c1-12(2)10-19-17-9-13(11-18-14-7-8-14)15-5-3-4-6-16(15)20-17/h3-6,9,12,14,18H,7-8,10-11H2,1-2H3,(H,19,20). The van der Waals surface area contributed by atoms with E-state index < -0.39 is 0 Å². The third-order valence-electron chi connectivity index (χ3n) is 3.65. The molecule has 0 atom stereocenters. The van der Waals surface area contributed by atoms with Crippen molar-refractivity contribution in [1.29, 1.82) is 0 Å². The Morgan fingerprint density at radius 1 is 1.25 bits per heavy atom. The number of pyridine rings is 1. The van der Waals surface area contributed by atoms with Gasteiger partial charge in [-0.1, -0.05) is 32.0 Å². The molecule has 2 N–H and O–H groups in total. The van der Waals surface area contributed by atoms with Crippen molar-refractivity contribution in [3.05, 3.63) is 35.9 Å². The minimum absolute atomic E-state index is 0.622. The van der Waals surface area contributed by atoms with Crippen LogP contribution in [0.5, 0.6) is 0 Å². The molecule has 1 aromatic heterocycles. The summed E-state index contributed by atoms with van der Waals surface area (Å²) in [5.74, 6) is 1.61. The number of fused-ring (bicyclic) bond motifs is 1. The summed E-state index contributed by atoms with van der Waals surface area (Å²) < 4.78 is 0. The molecule has 1 fully saturated rings. The van der Waals surface area contributed by atoms with Gasteiger partial charge in [0.05, 0.1) is 5.52 Å². The third kappa shape index (κ3) is 3.28. The van der Waals surface area contributed by atoms with Crippen LogP contribution >= 0.6 is 0 Å². The number of aromatic nitrogens is 1. The van der Waals surface area contributed by atoms with Gasteiger partial charge >= 0.3 is 0 Å². The predicted octanol–water partition coefficient (Wildman–Crippen LogP) is 3.55. The first kappa shape index (κ1) is 13.4. The lowest BCUT2D eigenvalue weighted by Gasteiger charge is -2.13. The maximum Gasteiger partial charge on any atom is 0.126 e. The first-order valence-corrected chi connectivity index (χ1v) is 7.58. The van der Waals surface area contributed by atoms with E-state index in [4.69, 9.17) is 4.98 Å². The molecular weight excluding hydrogens is 246 g/mol. The summed E-state index contributed by atoms with van der Waals surface area (Å²) in [5, 5.41) is 8.30. The molecule has 0 saturated heterocycles. The van der Waals surface area contributed by atoms with Gasteiger partial charge in [-0.2, -0.15) is 0 Å². The number of hydrogen-bond acceptors (Lipinski definition) is 3. The molecule has 0 radical (unpaired) electrons. The highest BCUT2D eigenvalue weighted by Crippen LogP contribution is 2.23. The SMILES string of the molecule is CC(C)CNc1cc(CNC2CC2)c2ccccc2n1. The second kappa shape index (κ2) is 5.80. The van der Waals surface area contributed by atoms with Crippen molar-refractivity contribution in [3.63, 3.8) is 0 Å². The molecule has 1 aromatic carbocycles. The summed E-state index contributed by atoms with van der Waals surface area (Å²) >= 11 is 0. The van der Waals surface area contributed by atoms with Crippen LogP contribution in [0, 0.1) is 5.92 Å². The molecule has 1 aliphatic carbocycles. The van der Waals surface area contributed by atoms with Gasteiger partial charge in [-0.15, -0.1) is 0 Å². The van der Waals surface area contributed by atoms with Gasteiger partial charge < -0.3 is 10.6 Å². The highest BCUT2D eigenvalue weighted by molar-refractivity contribution is 5.84. The average molecular weight is 269 g/mol. The Labute approximate surface area is 120 Å². The zero-order valence-corrected chi connectivity index (χ0v) is 12.3. The fraction of sp³-hybridized carbons (Fsp3) is 0.471. The van der Waals surface area contributed by atoms with Gasteiger partial charge in [0.2, 0.25) is 0 Å². The van der Waals surface area contributed by atoms with Crippen LogP contribution in [0.2, 0.25) is 0 Å². The van der Waals surface area contributed by atoms with Crippen LogP contribution in [0.1, 0.15) is 32.3 Å². The molecule has 3 nitrogen and oxygen atoms in total. The molecule has 3 heteroatoms. The number of nitrogens with one attached hydrogen (secondary N) is 2. The number of para-hydroxylation sites is 1. The summed E-state index contributed by atoms with van der Waals surface area (Å²) in [5.41, 5.74) is 2.42. The normalized spacial score (nSPS) is 14.9. The average Bonchev–Trinajstić information content (AvgIpc) is 3.26. The molecule has 0 amide bonds. The van der Waals surface area contributed by atoms with Crippen LogP contribution in [-0.2, 0) is 6.54 Å². The van der Waals surface area contributed by atoms with Gasteiger partial charge in [0.1, 0.15) is 5.82 Å². The van der Waals surface area contributed by atoms with Crippen LogP contribution in [0.25, 0.3) is 10.9 Å². The lowest BCUT2D eigenvalue weighted by Crippen LogP contribution is -2.16. The van der Waals surface area contributed by atoms with Crippen molar-refractivity contribution in [1.82, 2.24) is 10.3 Å². The van der Waals surface area contributed by atoms with Crippen molar-refractivity contribution in [2.24, 2.45) is 5.92 Å². The maximum absolute atomic E-state index is 4.71.